The Morgan fingerprint density at radius 2 is 1.52 bits per heavy atom. The molecule has 8 nitrogen and oxygen atoms in total. The van der Waals surface area contributed by atoms with Crippen molar-refractivity contribution in [2.75, 3.05) is 19.8 Å². The highest BCUT2D eigenvalue weighted by Gasteiger charge is 2.23. The number of aryl methyl sites for hydroxylation is 1. The minimum Gasteiger partial charge on any atom is -0.466 e. The third kappa shape index (κ3) is 8.41. The second-order valence-electron chi connectivity index (χ2n) is 7.26. The molecule has 0 aliphatic heterocycles. The number of esters is 1. The van der Waals surface area contributed by atoms with Gasteiger partial charge in [0.05, 0.1) is 19.8 Å². The molecule has 0 fully saturated rings. The zero-order valence-corrected chi connectivity index (χ0v) is 18.0. The fourth-order valence-corrected chi connectivity index (χ4v) is 2.34. The Balaban J connectivity index is 2.89. The van der Waals surface area contributed by atoms with E-state index in [0.717, 1.165) is 5.56 Å². The molecule has 0 atom stereocenters. The number of ether oxygens (including phenoxy) is 5. The van der Waals surface area contributed by atoms with Crippen LogP contribution in [0, 0.1) is 6.92 Å². The number of carbonyl (C=O) groups excluding carboxylic acids is 3. The lowest BCUT2D eigenvalue weighted by molar-refractivity contribution is -0.143. The molecule has 0 aromatic heterocycles. The van der Waals surface area contributed by atoms with Crippen LogP contribution < -0.4 is 9.47 Å². The van der Waals surface area contributed by atoms with E-state index in [0.29, 0.717) is 18.6 Å². The van der Waals surface area contributed by atoms with Crippen LogP contribution in [0.25, 0.3) is 0 Å². The summed E-state index contributed by atoms with van der Waals surface area (Å²) in [6.45, 7) is 11.6. The van der Waals surface area contributed by atoms with Gasteiger partial charge >= 0.3 is 18.3 Å². The number of hydrogen-bond donors (Lipinski definition) is 0. The summed E-state index contributed by atoms with van der Waals surface area (Å²) in [4.78, 5) is 35.1. The van der Waals surface area contributed by atoms with Crippen molar-refractivity contribution in [3.8, 4) is 11.5 Å². The van der Waals surface area contributed by atoms with Gasteiger partial charge in [-0.15, -0.1) is 0 Å². The highest BCUT2D eigenvalue weighted by atomic mass is 16.7. The molecule has 0 aliphatic rings. The first-order chi connectivity index (χ1) is 13.6. The maximum absolute atomic E-state index is 12.1. The summed E-state index contributed by atoms with van der Waals surface area (Å²) in [6.07, 6.45) is -1.42. The Kier molecular flexibility index (Phi) is 9.44. The molecule has 0 saturated heterocycles. The molecule has 0 bridgehead atoms. The zero-order valence-electron chi connectivity index (χ0n) is 18.0. The van der Waals surface area contributed by atoms with Crippen molar-refractivity contribution in [2.24, 2.45) is 0 Å². The molecule has 8 heteroatoms. The van der Waals surface area contributed by atoms with Gasteiger partial charge in [0.15, 0.2) is 11.5 Å². The fourth-order valence-electron chi connectivity index (χ4n) is 2.34. The van der Waals surface area contributed by atoms with E-state index in [1.807, 2.05) is 26.8 Å². The molecule has 0 amide bonds. The quantitative estimate of drug-likeness (QED) is 0.264. The van der Waals surface area contributed by atoms with Gasteiger partial charge in [-0.1, -0.05) is 26.8 Å². The SMILES string of the molecule is CCOC(=O)CCCOC(=O)Oc1cc(C(C)(C)C)cc(C)c1OC(=O)OCC. The minimum atomic E-state index is -0.965. The molecule has 1 aromatic rings. The fraction of sp³-hybridized carbons (Fsp3) is 0.571. The molecule has 0 heterocycles. The standard InChI is InChI=1S/C21H30O8/c1-7-25-17(22)10-9-11-27-20(24)28-16-13-15(21(4,5)6)12-14(3)18(16)29-19(23)26-8-2/h12-13H,7-11H2,1-6H3. The summed E-state index contributed by atoms with van der Waals surface area (Å²) in [5.74, 6) is -0.221. The highest BCUT2D eigenvalue weighted by molar-refractivity contribution is 5.71. The van der Waals surface area contributed by atoms with Gasteiger partial charge in [-0.2, -0.15) is 0 Å². The van der Waals surface area contributed by atoms with Gasteiger partial charge in [-0.25, -0.2) is 9.59 Å². The monoisotopic (exact) mass is 410 g/mol. The van der Waals surface area contributed by atoms with E-state index in [1.54, 1.807) is 26.8 Å². The van der Waals surface area contributed by atoms with Gasteiger partial charge in [0, 0.05) is 6.42 Å². The third-order valence-corrected chi connectivity index (χ3v) is 3.80. The van der Waals surface area contributed by atoms with E-state index in [1.165, 1.54) is 0 Å². The zero-order chi connectivity index (χ0) is 22.0. The molecule has 1 rings (SSSR count). The van der Waals surface area contributed by atoms with Gasteiger partial charge in [-0.3, -0.25) is 4.79 Å². The molecular weight excluding hydrogens is 380 g/mol. The van der Waals surface area contributed by atoms with Crippen LogP contribution in [0.1, 0.15) is 58.6 Å². The number of hydrogen-bond acceptors (Lipinski definition) is 8. The van der Waals surface area contributed by atoms with Crippen molar-refractivity contribution in [3.63, 3.8) is 0 Å². The maximum atomic E-state index is 12.1. The molecule has 29 heavy (non-hydrogen) atoms. The molecule has 0 aliphatic carbocycles. The van der Waals surface area contributed by atoms with Crippen molar-refractivity contribution in [3.05, 3.63) is 23.3 Å². The van der Waals surface area contributed by atoms with E-state index in [9.17, 15) is 14.4 Å². The first-order valence-corrected chi connectivity index (χ1v) is 9.58. The first kappa shape index (κ1) is 24.3. The summed E-state index contributed by atoms with van der Waals surface area (Å²) < 4.78 is 25.1. The van der Waals surface area contributed by atoms with Crippen LogP contribution in [0.2, 0.25) is 0 Å². The van der Waals surface area contributed by atoms with Crippen molar-refractivity contribution in [2.45, 2.75) is 59.8 Å². The van der Waals surface area contributed by atoms with Crippen molar-refractivity contribution in [1.29, 1.82) is 0 Å². The number of carbonyl (C=O) groups is 3. The summed E-state index contributed by atoms with van der Waals surface area (Å²) >= 11 is 0. The van der Waals surface area contributed by atoms with Crippen molar-refractivity contribution >= 4 is 18.3 Å². The van der Waals surface area contributed by atoms with Crippen LogP contribution in [0.5, 0.6) is 11.5 Å². The molecule has 0 radical (unpaired) electrons. The lowest BCUT2D eigenvalue weighted by atomic mass is 9.86. The van der Waals surface area contributed by atoms with Crippen LogP contribution in [-0.2, 0) is 24.4 Å². The van der Waals surface area contributed by atoms with Gasteiger partial charge in [0.25, 0.3) is 0 Å². The average molecular weight is 410 g/mol. The Morgan fingerprint density at radius 1 is 0.897 bits per heavy atom. The van der Waals surface area contributed by atoms with Crippen LogP contribution in [-0.4, -0.2) is 38.1 Å². The van der Waals surface area contributed by atoms with Gasteiger partial charge in [-0.05, 0) is 49.8 Å². The van der Waals surface area contributed by atoms with Crippen LogP contribution in [0.4, 0.5) is 9.59 Å². The predicted molar refractivity (Wildman–Crippen MR) is 105 cm³/mol. The summed E-state index contributed by atoms with van der Waals surface area (Å²) in [6, 6.07) is 3.48. The van der Waals surface area contributed by atoms with E-state index >= 15 is 0 Å². The maximum Gasteiger partial charge on any atom is 0.513 e. The minimum absolute atomic E-state index is 0.0103. The highest BCUT2D eigenvalue weighted by Crippen LogP contribution is 2.37. The molecule has 1 aromatic carbocycles. The predicted octanol–water partition coefficient (Wildman–Crippen LogP) is 4.69. The third-order valence-electron chi connectivity index (χ3n) is 3.80. The van der Waals surface area contributed by atoms with E-state index in [2.05, 4.69) is 0 Å². The summed E-state index contributed by atoms with van der Waals surface area (Å²) in [5, 5.41) is 0. The smallest absolute Gasteiger partial charge is 0.466 e. The van der Waals surface area contributed by atoms with Gasteiger partial charge in [0.2, 0.25) is 0 Å². The van der Waals surface area contributed by atoms with Crippen LogP contribution >= 0.6 is 0 Å². The summed E-state index contributed by atoms with van der Waals surface area (Å²) in [7, 11) is 0. The molecule has 0 saturated carbocycles. The first-order valence-electron chi connectivity index (χ1n) is 9.58. The molecular formula is C21H30O8. The topological polar surface area (TPSA) is 97.4 Å². The van der Waals surface area contributed by atoms with Crippen molar-refractivity contribution < 1.29 is 38.1 Å². The lowest BCUT2D eigenvalue weighted by Crippen LogP contribution is -2.18. The number of benzene rings is 1. The Hall–Kier alpha value is -2.77. The second-order valence-corrected chi connectivity index (χ2v) is 7.26. The lowest BCUT2D eigenvalue weighted by Gasteiger charge is -2.22. The van der Waals surface area contributed by atoms with E-state index in [-0.39, 0.29) is 42.5 Å². The van der Waals surface area contributed by atoms with Gasteiger partial charge in [0.1, 0.15) is 0 Å². The van der Waals surface area contributed by atoms with Gasteiger partial charge < -0.3 is 23.7 Å². The molecule has 0 unspecified atom stereocenters. The molecule has 162 valence electrons. The normalized spacial score (nSPS) is 10.8. The summed E-state index contributed by atoms with van der Waals surface area (Å²) in [5.41, 5.74) is 1.27. The largest absolute Gasteiger partial charge is 0.513 e. The van der Waals surface area contributed by atoms with E-state index in [4.69, 9.17) is 23.7 Å². The molecule has 0 N–H and O–H groups in total. The van der Waals surface area contributed by atoms with Crippen LogP contribution in [0.3, 0.4) is 0 Å². The Morgan fingerprint density at radius 3 is 2.10 bits per heavy atom. The Bertz CT molecular complexity index is 718. The van der Waals surface area contributed by atoms with E-state index < -0.39 is 12.3 Å². The second kappa shape index (κ2) is 11.3. The Labute approximate surface area is 171 Å². The van der Waals surface area contributed by atoms with Crippen molar-refractivity contribution in [1.82, 2.24) is 0 Å². The number of rotatable bonds is 8. The molecule has 0 spiro atoms. The average Bonchev–Trinajstić information content (AvgIpc) is 2.61. The van der Waals surface area contributed by atoms with Crippen LogP contribution in [0.15, 0.2) is 12.1 Å².